The van der Waals surface area contributed by atoms with Gasteiger partial charge in [-0.2, -0.15) is 0 Å². The summed E-state index contributed by atoms with van der Waals surface area (Å²) in [7, 11) is 0. The van der Waals surface area contributed by atoms with Crippen LogP contribution in [0, 0.1) is 13.8 Å². The molecule has 3 heteroatoms. The normalized spacial score (nSPS) is 13.0. The highest BCUT2D eigenvalue weighted by Crippen LogP contribution is 2.42. The molecule has 2 nitrogen and oxygen atoms in total. The first-order valence-corrected chi connectivity index (χ1v) is 6.85. The van der Waals surface area contributed by atoms with Crippen molar-refractivity contribution in [3.8, 4) is 10.4 Å². The van der Waals surface area contributed by atoms with Gasteiger partial charge in [0.05, 0.1) is 0 Å². The monoisotopic (exact) mass is 258 g/mol. The molecule has 1 aliphatic carbocycles. The van der Waals surface area contributed by atoms with E-state index in [0.717, 1.165) is 17.7 Å². The molecule has 1 aromatic carbocycles. The molecule has 3 rings (SSSR count). The minimum Gasteiger partial charge on any atom is -0.477 e. The van der Waals surface area contributed by atoms with Gasteiger partial charge < -0.3 is 5.11 Å². The number of carboxylic acid groups (broad SMARTS) is 1. The Hall–Kier alpha value is -1.61. The van der Waals surface area contributed by atoms with E-state index in [1.807, 2.05) is 6.07 Å². The molecule has 0 spiro atoms. The molecule has 0 aliphatic heterocycles. The van der Waals surface area contributed by atoms with E-state index in [9.17, 15) is 4.79 Å². The maximum atomic E-state index is 11.1. The third kappa shape index (κ3) is 1.58. The van der Waals surface area contributed by atoms with Crippen LogP contribution in [0.25, 0.3) is 10.4 Å². The molecule has 0 saturated heterocycles. The molecule has 1 N–H and O–H groups in total. The minimum absolute atomic E-state index is 0.453. The molecule has 0 saturated carbocycles. The first-order valence-electron chi connectivity index (χ1n) is 6.03. The maximum Gasteiger partial charge on any atom is 0.345 e. The van der Waals surface area contributed by atoms with Gasteiger partial charge in [0.2, 0.25) is 0 Å². The van der Waals surface area contributed by atoms with Gasteiger partial charge >= 0.3 is 5.97 Å². The fraction of sp³-hybridized carbons (Fsp3) is 0.267. The van der Waals surface area contributed by atoms with Gasteiger partial charge in [-0.1, -0.05) is 12.1 Å². The molecule has 0 atom stereocenters. The third-order valence-corrected chi connectivity index (χ3v) is 4.92. The molecule has 1 aromatic heterocycles. The second-order valence-corrected chi connectivity index (χ2v) is 5.86. The zero-order valence-electron chi connectivity index (χ0n) is 10.4. The highest BCUT2D eigenvalue weighted by Gasteiger charge is 2.23. The summed E-state index contributed by atoms with van der Waals surface area (Å²) in [6.07, 6.45) is 1.97. The molecule has 0 radical (unpaired) electrons. The summed E-state index contributed by atoms with van der Waals surface area (Å²) in [6.45, 7) is 4.24. The van der Waals surface area contributed by atoms with Crippen LogP contribution < -0.4 is 0 Å². The molecule has 0 amide bonds. The highest BCUT2D eigenvalue weighted by molar-refractivity contribution is 7.17. The van der Waals surface area contributed by atoms with E-state index < -0.39 is 5.97 Å². The number of hydrogen-bond acceptors (Lipinski definition) is 2. The lowest BCUT2D eigenvalue weighted by molar-refractivity contribution is 0.0702. The summed E-state index contributed by atoms with van der Waals surface area (Å²) in [4.78, 5) is 12.7. The quantitative estimate of drug-likeness (QED) is 0.844. The lowest BCUT2D eigenvalue weighted by Crippen LogP contribution is -2.03. The number of benzene rings is 1. The number of fused-ring (bicyclic) bond motifs is 3. The molecule has 0 bridgehead atoms. The van der Waals surface area contributed by atoms with Crippen LogP contribution in [0.1, 0.15) is 31.9 Å². The van der Waals surface area contributed by atoms with Crippen LogP contribution in [-0.4, -0.2) is 11.1 Å². The number of carbonyl (C=O) groups is 1. The van der Waals surface area contributed by atoms with Crippen molar-refractivity contribution < 1.29 is 9.90 Å². The van der Waals surface area contributed by atoms with Crippen molar-refractivity contribution in [3.63, 3.8) is 0 Å². The largest absolute Gasteiger partial charge is 0.477 e. The van der Waals surface area contributed by atoms with Gasteiger partial charge in [0.1, 0.15) is 4.88 Å². The molecular weight excluding hydrogens is 244 g/mol. The Balaban J connectivity index is 2.27. The van der Waals surface area contributed by atoms with E-state index in [0.29, 0.717) is 4.88 Å². The zero-order chi connectivity index (χ0) is 12.9. The maximum absolute atomic E-state index is 11.1. The second kappa shape index (κ2) is 3.95. The van der Waals surface area contributed by atoms with Crippen LogP contribution in [0.4, 0.5) is 0 Å². The van der Waals surface area contributed by atoms with Gasteiger partial charge in [0.25, 0.3) is 0 Å². The first-order chi connectivity index (χ1) is 8.58. The van der Waals surface area contributed by atoms with Crippen molar-refractivity contribution in [1.29, 1.82) is 0 Å². The Morgan fingerprint density at radius 1 is 1.22 bits per heavy atom. The van der Waals surface area contributed by atoms with E-state index in [2.05, 4.69) is 26.0 Å². The average Bonchev–Trinajstić information content (AvgIpc) is 2.77. The zero-order valence-corrected chi connectivity index (χ0v) is 11.2. The number of hydrogen-bond donors (Lipinski definition) is 1. The fourth-order valence-corrected chi connectivity index (χ4v) is 3.78. The number of rotatable bonds is 1. The van der Waals surface area contributed by atoms with Crippen LogP contribution in [0.2, 0.25) is 0 Å². The topological polar surface area (TPSA) is 37.3 Å². The predicted molar refractivity (Wildman–Crippen MR) is 73.6 cm³/mol. The molecule has 0 fully saturated rings. The van der Waals surface area contributed by atoms with Crippen molar-refractivity contribution in [3.05, 3.63) is 45.3 Å². The summed E-state index contributed by atoms with van der Waals surface area (Å²) in [5, 5.41) is 9.12. The highest BCUT2D eigenvalue weighted by atomic mass is 32.1. The SMILES string of the molecule is Cc1ccc2c(c1C)-c1sc(C(=O)O)cc1CC2. The Kier molecular flexibility index (Phi) is 2.52. The molecule has 1 heterocycles. The van der Waals surface area contributed by atoms with Gasteiger partial charge in [-0.15, -0.1) is 11.3 Å². The first kappa shape index (κ1) is 11.5. The fourth-order valence-electron chi connectivity index (χ4n) is 2.60. The molecule has 2 aromatic rings. The number of aromatic carboxylic acids is 1. The van der Waals surface area contributed by atoms with Crippen molar-refractivity contribution in [1.82, 2.24) is 0 Å². The molecule has 92 valence electrons. The number of thiophene rings is 1. The standard InChI is InChI=1S/C15H14O2S/c1-8-3-4-10-5-6-11-7-12(15(16)17)18-14(11)13(10)9(8)2/h3-4,7H,5-6H2,1-2H3,(H,16,17). The Morgan fingerprint density at radius 2 is 1.94 bits per heavy atom. The number of carboxylic acids is 1. The van der Waals surface area contributed by atoms with Crippen molar-refractivity contribution >= 4 is 17.3 Å². The smallest absolute Gasteiger partial charge is 0.345 e. The van der Waals surface area contributed by atoms with Crippen LogP contribution in [0.5, 0.6) is 0 Å². The van der Waals surface area contributed by atoms with Gasteiger partial charge in [-0.05, 0) is 60.6 Å². The Morgan fingerprint density at radius 3 is 2.67 bits per heavy atom. The van der Waals surface area contributed by atoms with Gasteiger partial charge in [-0.25, -0.2) is 4.79 Å². The minimum atomic E-state index is -0.818. The van der Waals surface area contributed by atoms with Crippen molar-refractivity contribution in [2.75, 3.05) is 0 Å². The summed E-state index contributed by atoms with van der Waals surface area (Å²) in [5.74, 6) is -0.818. The molecule has 0 unspecified atom stereocenters. The predicted octanol–water partition coefficient (Wildman–Crippen LogP) is 3.83. The van der Waals surface area contributed by atoms with Gasteiger partial charge in [0, 0.05) is 4.88 Å². The number of aryl methyl sites for hydroxylation is 3. The van der Waals surface area contributed by atoms with E-state index in [4.69, 9.17) is 5.11 Å². The van der Waals surface area contributed by atoms with Gasteiger partial charge in [-0.3, -0.25) is 0 Å². The summed E-state index contributed by atoms with van der Waals surface area (Å²) in [6, 6.07) is 6.18. The van der Waals surface area contributed by atoms with E-state index in [1.54, 1.807) is 0 Å². The average molecular weight is 258 g/mol. The van der Waals surface area contributed by atoms with E-state index in [-0.39, 0.29) is 0 Å². The van der Waals surface area contributed by atoms with E-state index in [1.165, 1.54) is 39.2 Å². The van der Waals surface area contributed by atoms with Crippen molar-refractivity contribution in [2.45, 2.75) is 26.7 Å². The Bertz CT molecular complexity index is 653. The van der Waals surface area contributed by atoms with Gasteiger partial charge in [0.15, 0.2) is 0 Å². The van der Waals surface area contributed by atoms with Crippen LogP contribution in [0.15, 0.2) is 18.2 Å². The summed E-state index contributed by atoms with van der Waals surface area (Å²) < 4.78 is 0. The lowest BCUT2D eigenvalue weighted by Gasteiger charge is -2.19. The van der Waals surface area contributed by atoms with Crippen molar-refractivity contribution in [2.24, 2.45) is 0 Å². The molecule has 18 heavy (non-hydrogen) atoms. The molecule has 1 aliphatic rings. The van der Waals surface area contributed by atoms with Crippen LogP contribution in [0.3, 0.4) is 0 Å². The van der Waals surface area contributed by atoms with Crippen LogP contribution in [-0.2, 0) is 12.8 Å². The summed E-state index contributed by atoms with van der Waals surface area (Å²) in [5.41, 5.74) is 6.37. The lowest BCUT2D eigenvalue weighted by atomic mass is 9.87. The Labute approximate surface area is 110 Å². The van der Waals surface area contributed by atoms with E-state index >= 15 is 0 Å². The third-order valence-electron chi connectivity index (χ3n) is 3.73. The second-order valence-electron chi connectivity index (χ2n) is 4.81. The van der Waals surface area contributed by atoms with Crippen LogP contribution >= 0.6 is 11.3 Å². The summed E-state index contributed by atoms with van der Waals surface area (Å²) >= 11 is 1.41. The molecular formula is C15H14O2S.